The maximum atomic E-state index is 11.4. The van der Waals surface area contributed by atoms with Gasteiger partial charge >= 0.3 is 0 Å². The van der Waals surface area contributed by atoms with Crippen molar-refractivity contribution in [3.05, 3.63) is 47.5 Å². The number of nitrogens with two attached hydrogens (primary N) is 1. The van der Waals surface area contributed by atoms with E-state index in [9.17, 15) is 8.42 Å². The molecule has 0 unspecified atom stereocenters. The standard InChI is InChI=1S/C15H17NO3S/c1-10-4-5-12(8-11(10)2)19-15-7-6-13(9-14(15)16)20(3,17)18/h4-9H,16H2,1-3H3. The van der Waals surface area contributed by atoms with E-state index in [0.29, 0.717) is 17.2 Å². The Kier molecular flexibility index (Phi) is 3.72. The molecule has 0 aromatic heterocycles. The summed E-state index contributed by atoms with van der Waals surface area (Å²) in [5, 5.41) is 0. The Labute approximate surface area is 119 Å². The van der Waals surface area contributed by atoms with Crippen LogP contribution in [0.5, 0.6) is 11.5 Å². The van der Waals surface area contributed by atoms with Gasteiger partial charge in [0.15, 0.2) is 9.84 Å². The third kappa shape index (κ3) is 3.11. The number of benzene rings is 2. The summed E-state index contributed by atoms with van der Waals surface area (Å²) in [5.74, 6) is 1.12. The number of sulfone groups is 1. The normalized spacial score (nSPS) is 11.3. The molecule has 2 N–H and O–H groups in total. The molecule has 0 spiro atoms. The number of rotatable bonds is 3. The first-order valence-electron chi connectivity index (χ1n) is 6.12. The minimum atomic E-state index is -3.26. The molecule has 4 nitrogen and oxygen atoms in total. The molecule has 0 bridgehead atoms. The summed E-state index contributed by atoms with van der Waals surface area (Å²) in [7, 11) is -3.26. The van der Waals surface area contributed by atoms with E-state index in [1.54, 1.807) is 6.07 Å². The molecule has 20 heavy (non-hydrogen) atoms. The Hall–Kier alpha value is -2.01. The van der Waals surface area contributed by atoms with Crippen molar-refractivity contribution in [2.75, 3.05) is 12.0 Å². The molecule has 0 amide bonds. The summed E-state index contributed by atoms with van der Waals surface area (Å²) in [6.45, 7) is 4.02. The number of hydrogen-bond acceptors (Lipinski definition) is 4. The van der Waals surface area contributed by atoms with Gasteiger partial charge < -0.3 is 10.5 Å². The minimum absolute atomic E-state index is 0.183. The fraction of sp³-hybridized carbons (Fsp3) is 0.200. The molecule has 0 aliphatic carbocycles. The van der Waals surface area contributed by atoms with Gasteiger partial charge in [-0.05, 0) is 55.3 Å². The molecule has 106 valence electrons. The van der Waals surface area contributed by atoms with Crippen LogP contribution in [0.1, 0.15) is 11.1 Å². The van der Waals surface area contributed by atoms with Crippen molar-refractivity contribution in [2.24, 2.45) is 0 Å². The molecule has 0 atom stereocenters. The number of ether oxygens (including phenoxy) is 1. The van der Waals surface area contributed by atoms with Crippen molar-refractivity contribution in [2.45, 2.75) is 18.7 Å². The van der Waals surface area contributed by atoms with Crippen LogP contribution in [-0.4, -0.2) is 14.7 Å². The highest BCUT2D eigenvalue weighted by molar-refractivity contribution is 7.90. The summed E-state index contributed by atoms with van der Waals surface area (Å²) >= 11 is 0. The average Bonchev–Trinajstić information content (AvgIpc) is 2.35. The van der Waals surface area contributed by atoms with E-state index in [4.69, 9.17) is 10.5 Å². The predicted octanol–water partition coefficient (Wildman–Crippen LogP) is 3.08. The van der Waals surface area contributed by atoms with Gasteiger partial charge in [-0.15, -0.1) is 0 Å². The molecular weight excluding hydrogens is 274 g/mol. The highest BCUT2D eigenvalue weighted by atomic mass is 32.2. The number of nitrogen functional groups attached to an aromatic ring is 1. The maximum absolute atomic E-state index is 11.4. The van der Waals surface area contributed by atoms with E-state index in [2.05, 4.69) is 0 Å². The second kappa shape index (κ2) is 5.17. The Bertz CT molecular complexity index is 752. The van der Waals surface area contributed by atoms with Gasteiger partial charge in [0.2, 0.25) is 0 Å². The second-order valence-electron chi connectivity index (χ2n) is 4.82. The van der Waals surface area contributed by atoms with Crippen LogP contribution in [0.15, 0.2) is 41.3 Å². The van der Waals surface area contributed by atoms with Gasteiger partial charge in [0.1, 0.15) is 11.5 Å². The molecule has 5 heteroatoms. The SMILES string of the molecule is Cc1ccc(Oc2ccc(S(C)(=O)=O)cc2N)cc1C. The van der Waals surface area contributed by atoms with E-state index in [1.165, 1.54) is 17.7 Å². The van der Waals surface area contributed by atoms with Gasteiger partial charge in [-0.25, -0.2) is 8.42 Å². The molecule has 0 radical (unpaired) electrons. The fourth-order valence-electron chi connectivity index (χ4n) is 1.75. The molecule has 0 heterocycles. The maximum Gasteiger partial charge on any atom is 0.175 e. The van der Waals surface area contributed by atoms with E-state index >= 15 is 0 Å². The lowest BCUT2D eigenvalue weighted by atomic mass is 10.1. The molecule has 0 saturated carbocycles. The first kappa shape index (κ1) is 14.4. The highest BCUT2D eigenvalue weighted by Crippen LogP contribution is 2.30. The van der Waals surface area contributed by atoms with Crippen molar-refractivity contribution >= 4 is 15.5 Å². The average molecular weight is 291 g/mol. The summed E-state index contributed by atoms with van der Waals surface area (Å²) in [6, 6.07) is 10.2. The smallest absolute Gasteiger partial charge is 0.175 e. The Morgan fingerprint density at radius 3 is 2.25 bits per heavy atom. The first-order chi connectivity index (χ1) is 9.27. The van der Waals surface area contributed by atoms with E-state index in [1.807, 2.05) is 32.0 Å². The molecule has 2 aromatic rings. The fourth-order valence-corrected chi connectivity index (χ4v) is 2.41. The lowest BCUT2D eigenvalue weighted by Crippen LogP contribution is -2.00. The summed E-state index contributed by atoms with van der Waals surface area (Å²) in [5.41, 5.74) is 8.44. The van der Waals surface area contributed by atoms with Crippen LogP contribution in [0, 0.1) is 13.8 Å². The van der Waals surface area contributed by atoms with Crippen molar-refractivity contribution in [3.63, 3.8) is 0 Å². The van der Waals surface area contributed by atoms with Crippen LogP contribution < -0.4 is 10.5 Å². The summed E-state index contributed by atoms with van der Waals surface area (Å²) in [6.07, 6.45) is 1.14. The minimum Gasteiger partial charge on any atom is -0.455 e. The van der Waals surface area contributed by atoms with Gasteiger partial charge in [0.05, 0.1) is 10.6 Å². The van der Waals surface area contributed by atoms with Crippen molar-refractivity contribution in [1.29, 1.82) is 0 Å². The lowest BCUT2D eigenvalue weighted by molar-refractivity contribution is 0.484. The summed E-state index contributed by atoms with van der Waals surface area (Å²) in [4.78, 5) is 0.183. The summed E-state index contributed by atoms with van der Waals surface area (Å²) < 4.78 is 28.6. The third-order valence-electron chi connectivity index (χ3n) is 3.12. The molecule has 0 saturated heterocycles. The van der Waals surface area contributed by atoms with Crippen molar-refractivity contribution < 1.29 is 13.2 Å². The number of aryl methyl sites for hydroxylation is 2. The van der Waals surface area contributed by atoms with Crippen LogP contribution in [-0.2, 0) is 9.84 Å². The monoisotopic (exact) mass is 291 g/mol. The van der Waals surface area contributed by atoms with Gasteiger partial charge in [0.25, 0.3) is 0 Å². The third-order valence-corrected chi connectivity index (χ3v) is 4.23. The van der Waals surface area contributed by atoms with E-state index in [0.717, 1.165) is 11.8 Å². The lowest BCUT2D eigenvalue weighted by Gasteiger charge is -2.11. The van der Waals surface area contributed by atoms with Gasteiger partial charge in [-0.2, -0.15) is 0 Å². The van der Waals surface area contributed by atoms with Crippen LogP contribution >= 0.6 is 0 Å². The zero-order valence-electron chi connectivity index (χ0n) is 11.7. The van der Waals surface area contributed by atoms with Crippen LogP contribution in [0.25, 0.3) is 0 Å². The first-order valence-corrected chi connectivity index (χ1v) is 8.01. The van der Waals surface area contributed by atoms with E-state index < -0.39 is 9.84 Å². The van der Waals surface area contributed by atoms with Gasteiger partial charge in [-0.1, -0.05) is 6.07 Å². The molecule has 2 rings (SSSR count). The molecule has 0 aliphatic rings. The number of hydrogen-bond donors (Lipinski definition) is 1. The largest absolute Gasteiger partial charge is 0.455 e. The van der Waals surface area contributed by atoms with E-state index in [-0.39, 0.29) is 4.90 Å². The van der Waals surface area contributed by atoms with Gasteiger partial charge in [-0.3, -0.25) is 0 Å². The van der Waals surface area contributed by atoms with Crippen molar-refractivity contribution in [1.82, 2.24) is 0 Å². The predicted molar refractivity (Wildman–Crippen MR) is 80.0 cm³/mol. The molecule has 0 fully saturated rings. The molecular formula is C15H17NO3S. The Balaban J connectivity index is 2.32. The topological polar surface area (TPSA) is 69.4 Å². The van der Waals surface area contributed by atoms with Crippen LogP contribution in [0.2, 0.25) is 0 Å². The molecule has 0 aliphatic heterocycles. The quantitative estimate of drug-likeness (QED) is 0.882. The Morgan fingerprint density at radius 1 is 1.00 bits per heavy atom. The van der Waals surface area contributed by atoms with Crippen LogP contribution in [0.3, 0.4) is 0 Å². The second-order valence-corrected chi connectivity index (χ2v) is 6.84. The van der Waals surface area contributed by atoms with Crippen LogP contribution in [0.4, 0.5) is 5.69 Å². The number of anilines is 1. The van der Waals surface area contributed by atoms with Gasteiger partial charge in [0, 0.05) is 6.26 Å². The highest BCUT2D eigenvalue weighted by Gasteiger charge is 2.10. The zero-order chi connectivity index (χ0) is 14.9. The molecule has 2 aromatic carbocycles. The Morgan fingerprint density at radius 2 is 1.70 bits per heavy atom. The zero-order valence-corrected chi connectivity index (χ0v) is 12.5. The van der Waals surface area contributed by atoms with Crippen molar-refractivity contribution in [3.8, 4) is 11.5 Å².